The molecule has 5 heteroatoms. The molecule has 1 aromatic rings. The molecule has 1 saturated carbocycles. The molecule has 0 saturated heterocycles. The monoisotopic (exact) mass is 513 g/mol. The molecule has 2 aliphatic rings. The second-order valence-electron chi connectivity index (χ2n) is 7.62. The first-order chi connectivity index (χ1) is 14.1. The van der Waals surface area contributed by atoms with Gasteiger partial charge in [-0.25, -0.2) is 0 Å². The van der Waals surface area contributed by atoms with Gasteiger partial charge in [-0.3, -0.25) is 9.59 Å². The zero-order valence-corrected chi connectivity index (χ0v) is 21.0. The quantitative estimate of drug-likeness (QED) is 0.297. The van der Waals surface area contributed by atoms with Crippen LogP contribution in [0.2, 0.25) is 0 Å². The van der Waals surface area contributed by atoms with E-state index in [1.165, 1.54) is 35.7 Å². The van der Waals surface area contributed by atoms with E-state index in [9.17, 15) is 14.7 Å². The van der Waals surface area contributed by atoms with Crippen molar-refractivity contribution in [3.05, 3.63) is 82.2 Å². The van der Waals surface area contributed by atoms with Gasteiger partial charge >= 0.3 is 27.0 Å². The third-order valence-corrected chi connectivity index (χ3v) is 5.70. The molecule has 30 heavy (non-hydrogen) atoms. The van der Waals surface area contributed by atoms with Gasteiger partial charge in [0.2, 0.25) is 11.6 Å². The summed E-state index contributed by atoms with van der Waals surface area (Å²) in [6.07, 6.45) is 2.01. The first-order valence-corrected chi connectivity index (χ1v) is 11.9. The predicted octanol–water partition coefficient (Wildman–Crippen LogP) is 5.54. The van der Waals surface area contributed by atoms with Crippen LogP contribution in [0.15, 0.2) is 41.5 Å². The van der Waals surface area contributed by atoms with Crippen LogP contribution in [0.5, 0.6) is 0 Å². The standard InChI is InChI=1S/C15H14O3.C10H15.ClH.Ru/c1-9(2)7-8-12-13(16)10-5-3-4-6-11(10)14(17)15(12)18;1-6-7(2)9(4)10(5)8(6)3;;/h3-7,16H,8H2,1-2H3;1-5H3;1H;/q;;;+3/p-2. The zero-order valence-electron chi connectivity index (χ0n) is 18.6. The molecule has 0 unspecified atom stereocenters. The van der Waals surface area contributed by atoms with Crippen LogP contribution in [-0.2, 0) is 22.1 Å². The molecule has 1 fully saturated rings. The average Bonchev–Trinajstić information content (AvgIpc) is 2.91. The van der Waals surface area contributed by atoms with Crippen molar-refractivity contribution in [2.45, 2.75) is 54.9 Å². The van der Waals surface area contributed by atoms with Crippen molar-refractivity contribution in [1.82, 2.24) is 0 Å². The summed E-state index contributed by atoms with van der Waals surface area (Å²) in [5.41, 5.74) is 1.63. The number of ketones is 2. The van der Waals surface area contributed by atoms with Crippen LogP contribution in [0.4, 0.5) is 0 Å². The van der Waals surface area contributed by atoms with Gasteiger partial charge in [-0.05, 0) is 55.4 Å². The molecular weight excluding hydrogens is 485 g/mol. The number of rotatable bonds is 2. The number of hydrogen-bond acceptors (Lipinski definition) is 3. The van der Waals surface area contributed by atoms with E-state index in [2.05, 4.69) is 44.3 Å². The molecule has 3 rings (SSSR count). The number of Topliss-reactive ketones (excluding diaryl/α,β-unsaturated/α-hetero) is 2. The Labute approximate surface area is 195 Å². The van der Waals surface area contributed by atoms with Crippen LogP contribution >= 0.6 is 9.69 Å². The molecular formula is C25H28ClO3Ru+. The van der Waals surface area contributed by atoms with E-state index in [1.807, 2.05) is 31.2 Å². The number of carbonyl (C=O) groups is 2. The first-order valence-electron chi connectivity index (χ1n) is 9.62. The second-order valence-corrected chi connectivity index (χ2v) is 7.62. The Bertz CT molecular complexity index is 779. The Morgan fingerprint density at radius 2 is 1.23 bits per heavy atom. The average molecular weight is 513 g/mol. The molecule has 0 aliphatic heterocycles. The molecule has 160 valence electrons. The number of benzene rings is 1. The van der Waals surface area contributed by atoms with Crippen molar-refractivity contribution >= 4 is 27.0 Å². The van der Waals surface area contributed by atoms with Crippen LogP contribution < -0.4 is 5.11 Å². The van der Waals surface area contributed by atoms with Gasteiger partial charge in [0, 0.05) is 11.1 Å². The van der Waals surface area contributed by atoms with Gasteiger partial charge in [0.05, 0.1) is 0 Å². The second kappa shape index (κ2) is 12.0. The van der Waals surface area contributed by atoms with Gasteiger partial charge in [-0.1, -0.05) is 76.3 Å². The van der Waals surface area contributed by atoms with Gasteiger partial charge in [0.25, 0.3) is 0 Å². The van der Waals surface area contributed by atoms with Gasteiger partial charge in [-0.2, -0.15) is 0 Å². The Balaban J connectivity index is 0.000000318. The van der Waals surface area contributed by atoms with Crippen LogP contribution in [0.3, 0.4) is 0 Å². The Kier molecular flexibility index (Phi) is 10.7. The fraction of sp³-hybridized carbons (Fsp3) is 0.320. The number of hydrogen-bond donors (Lipinski definition) is 0. The number of allylic oxidation sites excluding steroid dienone is 3. The van der Waals surface area contributed by atoms with Crippen LogP contribution in [0.25, 0.3) is 5.76 Å². The molecule has 0 spiro atoms. The van der Waals surface area contributed by atoms with Gasteiger partial charge in [0.1, 0.15) is 0 Å². The molecule has 3 nitrogen and oxygen atoms in total. The van der Waals surface area contributed by atoms with E-state index in [1.54, 1.807) is 24.3 Å². The number of carbonyl (C=O) groups excluding carboxylic acids is 2. The van der Waals surface area contributed by atoms with Crippen LogP contribution in [0, 0.1) is 29.6 Å². The van der Waals surface area contributed by atoms with Crippen molar-refractivity contribution < 1.29 is 32.0 Å². The predicted molar refractivity (Wildman–Crippen MR) is 117 cm³/mol. The Morgan fingerprint density at radius 3 is 1.63 bits per heavy atom. The first kappa shape index (κ1) is 26.8. The summed E-state index contributed by atoms with van der Waals surface area (Å²) in [6.45, 7) is 14.8. The van der Waals surface area contributed by atoms with Gasteiger partial charge < -0.3 is 5.11 Å². The summed E-state index contributed by atoms with van der Waals surface area (Å²) in [5, 5.41) is 12.1. The normalized spacial score (nSPS) is 18.4. The van der Waals surface area contributed by atoms with E-state index in [4.69, 9.17) is 0 Å². The van der Waals surface area contributed by atoms with Crippen molar-refractivity contribution in [2.24, 2.45) is 0 Å². The molecule has 0 aromatic heterocycles. The van der Waals surface area contributed by atoms with Crippen molar-refractivity contribution in [3.63, 3.8) is 0 Å². The Morgan fingerprint density at radius 1 is 0.833 bits per heavy atom. The van der Waals surface area contributed by atoms with Crippen LogP contribution in [-0.4, -0.2) is 11.6 Å². The van der Waals surface area contributed by atoms with E-state index >= 15 is 0 Å². The minimum absolute atomic E-state index is 0.0694. The summed E-state index contributed by atoms with van der Waals surface area (Å²) in [5.74, 6) is 5.76. The summed E-state index contributed by atoms with van der Waals surface area (Å²) < 4.78 is 0. The summed E-state index contributed by atoms with van der Waals surface area (Å²) in [4.78, 5) is 23.7. The molecule has 0 amide bonds. The zero-order chi connectivity index (χ0) is 23.2. The summed E-state index contributed by atoms with van der Waals surface area (Å²) >= 11 is 1.82. The van der Waals surface area contributed by atoms with Crippen molar-refractivity contribution in [2.75, 3.05) is 0 Å². The van der Waals surface area contributed by atoms with Crippen LogP contribution in [0.1, 0.15) is 70.8 Å². The topological polar surface area (TPSA) is 57.2 Å². The number of fused-ring (bicyclic) bond motifs is 1. The third-order valence-electron chi connectivity index (χ3n) is 5.70. The maximum atomic E-state index is 12.1. The molecule has 1 aromatic carbocycles. The molecule has 0 heterocycles. The van der Waals surface area contributed by atoms with Gasteiger partial charge in [-0.15, -0.1) is 0 Å². The van der Waals surface area contributed by atoms with Crippen molar-refractivity contribution in [1.29, 1.82) is 0 Å². The van der Waals surface area contributed by atoms with Crippen molar-refractivity contribution in [3.8, 4) is 0 Å². The summed E-state index contributed by atoms with van der Waals surface area (Å²) in [6, 6.07) is 6.45. The molecule has 0 atom stereocenters. The Hall–Kier alpha value is -1.25. The fourth-order valence-corrected chi connectivity index (χ4v) is 3.30. The van der Waals surface area contributed by atoms with E-state index in [-0.39, 0.29) is 23.3 Å². The van der Waals surface area contributed by atoms with E-state index < -0.39 is 11.6 Å². The van der Waals surface area contributed by atoms with E-state index in [0.29, 0.717) is 5.56 Å². The maximum absolute atomic E-state index is 12.1. The fourth-order valence-electron chi connectivity index (χ4n) is 3.30. The molecule has 0 N–H and O–H groups in total. The van der Waals surface area contributed by atoms with Gasteiger partial charge in [0.15, 0.2) is 0 Å². The molecule has 2 aliphatic carbocycles. The van der Waals surface area contributed by atoms with E-state index in [0.717, 1.165) is 5.57 Å². The third kappa shape index (κ3) is 5.92. The number of halogens is 1. The molecule has 0 bridgehead atoms. The minimum atomic E-state index is -0.670. The SMILES string of the molecule is CC(C)=CCC1=C([O-])c2ccccc2C(=O)C1=O.C[C]1[C](C)[C](C)[C](C)[C]1C.[Cl][Ru+2]. The molecule has 5 radical (unpaired) electrons. The summed E-state index contributed by atoms with van der Waals surface area (Å²) in [7, 11) is 4.57.